The molecule has 9 heteroatoms. The van der Waals surface area contributed by atoms with Crippen LogP contribution in [0.3, 0.4) is 0 Å². The highest BCUT2D eigenvalue weighted by Crippen LogP contribution is 2.29. The van der Waals surface area contributed by atoms with E-state index in [1.54, 1.807) is 53.4 Å². The quantitative estimate of drug-likeness (QED) is 0.477. The van der Waals surface area contributed by atoms with Crippen LogP contribution in [0.4, 0.5) is 11.4 Å². The zero-order valence-electron chi connectivity index (χ0n) is 18.1. The van der Waals surface area contributed by atoms with E-state index in [4.69, 9.17) is 11.6 Å². The monoisotopic (exact) mass is 499 g/mol. The van der Waals surface area contributed by atoms with Crippen molar-refractivity contribution in [3.05, 3.63) is 89.4 Å². The maximum absolute atomic E-state index is 13.5. The van der Waals surface area contributed by atoms with E-state index in [2.05, 4.69) is 4.99 Å². The van der Waals surface area contributed by atoms with E-state index >= 15 is 0 Å². The van der Waals surface area contributed by atoms with Crippen LogP contribution in [-0.2, 0) is 10.0 Å². The zero-order chi connectivity index (χ0) is 23.6. The van der Waals surface area contributed by atoms with Crippen molar-refractivity contribution in [1.29, 1.82) is 0 Å². The second-order valence-electron chi connectivity index (χ2n) is 7.52. The Labute approximate surface area is 202 Å². The van der Waals surface area contributed by atoms with E-state index in [-0.39, 0.29) is 16.8 Å². The second-order valence-corrected chi connectivity index (χ2v) is 10.9. The van der Waals surface area contributed by atoms with Gasteiger partial charge in [-0.15, -0.1) is 0 Å². The summed E-state index contributed by atoms with van der Waals surface area (Å²) >= 11 is 7.54. The van der Waals surface area contributed by atoms with Gasteiger partial charge >= 0.3 is 0 Å². The molecule has 1 amide bonds. The van der Waals surface area contributed by atoms with E-state index < -0.39 is 10.0 Å². The summed E-state index contributed by atoms with van der Waals surface area (Å²) in [6.45, 7) is 1.99. The Balaban J connectivity index is 1.64. The van der Waals surface area contributed by atoms with E-state index in [1.807, 2.05) is 13.0 Å². The van der Waals surface area contributed by atoms with E-state index in [9.17, 15) is 13.2 Å². The van der Waals surface area contributed by atoms with Crippen molar-refractivity contribution in [1.82, 2.24) is 0 Å². The molecule has 1 heterocycles. The predicted octanol–water partition coefficient (Wildman–Crippen LogP) is 5.30. The first-order chi connectivity index (χ1) is 15.8. The number of anilines is 2. The van der Waals surface area contributed by atoms with Gasteiger partial charge in [-0.1, -0.05) is 41.6 Å². The average molecular weight is 500 g/mol. The Bertz CT molecular complexity index is 1280. The van der Waals surface area contributed by atoms with Gasteiger partial charge in [0.25, 0.3) is 15.9 Å². The van der Waals surface area contributed by atoms with Crippen LogP contribution in [0.2, 0.25) is 5.02 Å². The molecular formula is C24H22ClN3O3S2. The first-order valence-corrected chi connectivity index (χ1v) is 13.0. The van der Waals surface area contributed by atoms with Crippen LogP contribution in [0.15, 0.2) is 88.8 Å². The average Bonchev–Trinajstić information content (AvgIpc) is 3.26. The number of carbonyl (C=O) groups excluding carboxylic acids is 1. The lowest BCUT2D eigenvalue weighted by molar-refractivity contribution is 0.100. The van der Waals surface area contributed by atoms with Crippen LogP contribution >= 0.6 is 23.4 Å². The fourth-order valence-corrected chi connectivity index (χ4v) is 5.68. The molecule has 0 radical (unpaired) electrons. The summed E-state index contributed by atoms with van der Waals surface area (Å²) in [6, 6.07) is 21.9. The standard InChI is InChI=1S/C24H22ClN3O3S2/c1-17-16-32-24(26-17)28(21-12-10-19(25)11-13-21)23(29)18-8-14-22(15-9-18)33(30,31)27(2)20-6-4-3-5-7-20/h3-15,17H,16H2,1-2H3. The molecule has 0 N–H and O–H groups in total. The highest BCUT2D eigenvalue weighted by Gasteiger charge is 2.28. The number of amides is 1. The molecule has 0 spiro atoms. The molecule has 0 saturated carbocycles. The molecule has 1 aliphatic rings. The molecule has 6 nitrogen and oxygen atoms in total. The molecule has 0 bridgehead atoms. The second kappa shape index (κ2) is 9.59. The zero-order valence-corrected chi connectivity index (χ0v) is 20.4. The Hall–Kier alpha value is -2.81. The van der Waals surface area contributed by atoms with E-state index in [1.165, 1.54) is 47.4 Å². The van der Waals surface area contributed by atoms with Gasteiger partial charge in [0.2, 0.25) is 0 Å². The summed E-state index contributed by atoms with van der Waals surface area (Å²) in [5, 5.41) is 1.17. The molecule has 1 atom stereocenters. The van der Waals surface area contributed by atoms with Crippen molar-refractivity contribution in [3.8, 4) is 0 Å². The highest BCUT2D eigenvalue weighted by molar-refractivity contribution is 8.14. The molecule has 4 rings (SSSR count). The minimum atomic E-state index is -3.77. The number of carbonyl (C=O) groups is 1. The van der Waals surface area contributed by atoms with Gasteiger partial charge in [-0.05, 0) is 67.6 Å². The maximum Gasteiger partial charge on any atom is 0.264 e. The van der Waals surface area contributed by atoms with Crippen molar-refractivity contribution in [2.75, 3.05) is 22.0 Å². The van der Waals surface area contributed by atoms with Crippen molar-refractivity contribution in [2.24, 2.45) is 4.99 Å². The first-order valence-electron chi connectivity index (χ1n) is 10.2. The minimum Gasteiger partial charge on any atom is -0.269 e. The highest BCUT2D eigenvalue weighted by atomic mass is 35.5. The number of thioether (sulfide) groups is 1. The Morgan fingerprint density at radius 2 is 1.61 bits per heavy atom. The summed E-state index contributed by atoms with van der Waals surface area (Å²) < 4.78 is 27.3. The van der Waals surface area contributed by atoms with Crippen molar-refractivity contribution in [3.63, 3.8) is 0 Å². The summed E-state index contributed by atoms with van der Waals surface area (Å²) in [5.41, 5.74) is 1.55. The van der Waals surface area contributed by atoms with Gasteiger partial charge in [0.15, 0.2) is 5.17 Å². The van der Waals surface area contributed by atoms with Crippen molar-refractivity contribution < 1.29 is 13.2 Å². The van der Waals surface area contributed by atoms with Crippen molar-refractivity contribution >= 4 is 55.8 Å². The topological polar surface area (TPSA) is 70.1 Å². The van der Waals surface area contributed by atoms with Crippen LogP contribution in [0.5, 0.6) is 0 Å². The van der Waals surface area contributed by atoms with Gasteiger partial charge in [0, 0.05) is 23.4 Å². The Morgan fingerprint density at radius 3 is 2.18 bits per heavy atom. The molecule has 0 fully saturated rings. The molecule has 1 unspecified atom stereocenters. The molecule has 0 aliphatic carbocycles. The number of para-hydroxylation sites is 1. The fraction of sp³-hybridized carbons (Fsp3) is 0.167. The smallest absolute Gasteiger partial charge is 0.264 e. The van der Waals surface area contributed by atoms with Gasteiger partial charge in [-0.3, -0.25) is 19.0 Å². The summed E-state index contributed by atoms with van der Waals surface area (Å²) in [6.07, 6.45) is 0. The number of benzene rings is 3. The van der Waals surface area contributed by atoms with Crippen LogP contribution in [-0.4, -0.2) is 38.3 Å². The van der Waals surface area contributed by atoms with Crippen LogP contribution in [0.1, 0.15) is 17.3 Å². The van der Waals surface area contributed by atoms with Crippen LogP contribution < -0.4 is 9.21 Å². The largest absolute Gasteiger partial charge is 0.269 e. The molecule has 0 saturated heterocycles. The molecule has 170 valence electrons. The molecular weight excluding hydrogens is 478 g/mol. The Kier molecular flexibility index (Phi) is 6.78. The number of rotatable bonds is 5. The van der Waals surface area contributed by atoms with Crippen molar-refractivity contribution in [2.45, 2.75) is 17.9 Å². The third-order valence-electron chi connectivity index (χ3n) is 5.14. The summed E-state index contributed by atoms with van der Waals surface area (Å²) in [4.78, 5) is 19.7. The number of nitrogens with zero attached hydrogens (tertiary/aromatic N) is 3. The first kappa shape index (κ1) is 23.4. The molecule has 3 aromatic carbocycles. The maximum atomic E-state index is 13.5. The van der Waals surface area contributed by atoms with E-state index in [0.29, 0.717) is 27.1 Å². The number of hydrogen-bond acceptors (Lipinski definition) is 5. The summed E-state index contributed by atoms with van der Waals surface area (Å²) in [7, 11) is -2.27. The molecule has 0 aromatic heterocycles. The minimum absolute atomic E-state index is 0.102. The number of halogens is 1. The lowest BCUT2D eigenvalue weighted by Crippen LogP contribution is -2.34. The Morgan fingerprint density at radius 1 is 0.970 bits per heavy atom. The van der Waals surface area contributed by atoms with Gasteiger partial charge in [0.05, 0.1) is 22.3 Å². The number of hydrogen-bond donors (Lipinski definition) is 0. The van der Waals surface area contributed by atoms with Gasteiger partial charge in [-0.2, -0.15) is 0 Å². The molecule has 33 heavy (non-hydrogen) atoms. The van der Waals surface area contributed by atoms with E-state index in [0.717, 1.165) is 5.75 Å². The fourth-order valence-electron chi connectivity index (χ4n) is 3.32. The van der Waals surface area contributed by atoms with Crippen LogP contribution in [0, 0.1) is 0 Å². The molecule has 3 aromatic rings. The third kappa shape index (κ3) is 4.93. The predicted molar refractivity (Wildman–Crippen MR) is 136 cm³/mol. The lowest BCUT2D eigenvalue weighted by atomic mass is 10.2. The SMILES string of the molecule is CC1CSC(N(C(=O)c2ccc(S(=O)(=O)N(C)c3ccccc3)cc2)c2ccc(Cl)cc2)=N1. The van der Waals surface area contributed by atoms with Crippen LogP contribution in [0.25, 0.3) is 0 Å². The number of sulfonamides is 1. The van der Waals surface area contributed by atoms with Gasteiger partial charge in [-0.25, -0.2) is 8.42 Å². The van der Waals surface area contributed by atoms with Gasteiger partial charge < -0.3 is 0 Å². The lowest BCUT2D eigenvalue weighted by Gasteiger charge is -2.23. The normalized spacial score (nSPS) is 15.7. The molecule has 1 aliphatic heterocycles. The number of amidine groups is 1. The third-order valence-corrected chi connectivity index (χ3v) is 8.39. The summed E-state index contributed by atoms with van der Waals surface area (Å²) in [5.74, 6) is 0.494. The van der Waals surface area contributed by atoms with Gasteiger partial charge in [0.1, 0.15) is 0 Å². The number of aliphatic imine (C=N–C) groups is 1.